The van der Waals surface area contributed by atoms with Crippen LogP contribution in [0.3, 0.4) is 0 Å². The van der Waals surface area contributed by atoms with Gasteiger partial charge in [0.1, 0.15) is 5.82 Å². The molecule has 0 amide bonds. The molecule has 2 saturated heterocycles. The fourth-order valence-electron chi connectivity index (χ4n) is 5.79. The molecule has 0 aliphatic carbocycles. The maximum absolute atomic E-state index is 13.2. The Kier molecular flexibility index (Phi) is 5.80. The number of fused-ring (bicyclic) bond motifs is 3. The average molecular weight is 472 g/mol. The van der Waals surface area contributed by atoms with Gasteiger partial charge in [0.25, 0.3) is 0 Å². The Labute approximate surface area is 205 Å². The fourth-order valence-corrected chi connectivity index (χ4v) is 5.79. The molecule has 1 aromatic carbocycles. The summed E-state index contributed by atoms with van der Waals surface area (Å²) in [5.74, 6) is 1.91. The summed E-state index contributed by atoms with van der Waals surface area (Å²) in [6.45, 7) is 5.80. The zero-order valence-electron chi connectivity index (χ0n) is 20.6. The molecule has 0 N–H and O–H groups in total. The van der Waals surface area contributed by atoms with Gasteiger partial charge in [-0.2, -0.15) is 0 Å². The summed E-state index contributed by atoms with van der Waals surface area (Å²) in [5.41, 5.74) is 4.84. The molecule has 6 rings (SSSR count). The predicted molar refractivity (Wildman–Crippen MR) is 140 cm³/mol. The van der Waals surface area contributed by atoms with Crippen LogP contribution in [0.4, 0.5) is 5.82 Å². The minimum Gasteiger partial charge on any atom is -0.379 e. The van der Waals surface area contributed by atoms with Crippen LogP contribution in [-0.4, -0.2) is 45.4 Å². The summed E-state index contributed by atoms with van der Waals surface area (Å²) in [5, 5.41) is 0.994. The van der Waals surface area contributed by atoms with Crippen LogP contribution in [-0.2, 0) is 11.8 Å². The molecule has 0 spiro atoms. The van der Waals surface area contributed by atoms with Crippen LogP contribution in [0.25, 0.3) is 33.1 Å². The number of hydrogen-bond acceptors (Lipinski definition) is 5. The van der Waals surface area contributed by atoms with Crippen LogP contribution in [0, 0.1) is 5.92 Å². The molecule has 7 nitrogen and oxygen atoms in total. The van der Waals surface area contributed by atoms with Gasteiger partial charge in [-0.3, -0.25) is 14.1 Å². The van der Waals surface area contributed by atoms with Crippen molar-refractivity contribution in [2.24, 2.45) is 13.0 Å². The molecule has 4 aromatic rings. The normalized spacial score (nSPS) is 19.6. The molecule has 182 valence electrons. The van der Waals surface area contributed by atoms with E-state index in [0.29, 0.717) is 6.61 Å². The van der Waals surface area contributed by atoms with Gasteiger partial charge in [-0.15, -0.1) is 0 Å². The lowest BCUT2D eigenvalue weighted by molar-refractivity contribution is 0.0593. The summed E-state index contributed by atoms with van der Waals surface area (Å²) in [6, 6.07) is 10.7. The SMILES string of the molecule is CCC1CCN(c2ccc(-c3ccc4ncc5c(c4c3)n([C@H]3CCCOC3)c(=O)n5C)cn2)CC1. The molecule has 2 fully saturated rings. The maximum atomic E-state index is 13.2. The average Bonchev–Trinajstić information content (AvgIpc) is 3.19. The van der Waals surface area contributed by atoms with Crippen LogP contribution < -0.4 is 10.6 Å². The Bertz CT molecular complexity index is 1410. The zero-order chi connectivity index (χ0) is 23.9. The first-order valence-corrected chi connectivity index (χ1v) is 12.9. The van der Waals surface area contributed by atoms with Crippen molar-refractivity contribution in [3.8, 4) is 11.1 Å². The van der Waals surface area contributed by atoms with Gasteiger partial charge >= 0.3 is 5.69 Å². The van der Waals surface area contributed by atoms with Gasteiger partial charge in [-0.05, 0) is 61.4 Å². The van der Waals surface area contributed by atoms with Crippen LogP contribution in [0.1, 0.15) is 45.1 Å². The van der Waals surface area contributed by atoms with Gasteiger partial charge in [0.05, 0.1) is 35.4 Å². The van der Waals surface area contributed by atoms with Crippen LogP contribution in [0.5, 0.6) is 0 Å². The number of piperidine rings is 1. The van der Waals surface area contributed by atoms with Crippen molar-refractivity contribution in [1.82, 2.24) is 19.1 Å². The highest BCUT2D eigenvalue weighted by Crippen LogP contribution is 2.32. The molecule has 0 saturated carbocycles. The van der Waals surface area contributed by atoms with Gasteiger partial charge in [-0.1, -0.05) is 19.4 Å². The van der Waals surface area contributed by atoms with Gasteiger partial charge in [0.2, 0.25) is 0 Å². The Balaban J connectivity index is 1.39. The lowest BCUT2D eigenvalue weighted by atomic mass is 9.94. The van der Waals surface area contributed by atoms with E-state index in [1.54, 1.807) is 4.57 Å². The molecule has 1 atom stereocenters. The Morgan fingerprint density at radius 2 is 1.86 bits per heavy atom. The number of nitrogens with zero attached hydrogens (tertiary/aromatic N) is 5. The minimum absolute atomic E-state index is 0.00642. The van der Waals surface area contributed by atoms with E-state index in [1.165, 1.54) is 19.3 Å². The molecule has 2 aliphatic rings. The third-order valence-electron chi connectivity index (χ3n) is 8.01. The van der Waals surface area contributed by atoms with Crippen LogP contribution in [0.15, 0.2) is 47.5 Å². The van der Waals surface area contributed by atoms with Crippen LogP contribution in [0.2, 0.25) is 0 Å². The Morgan fingerprint density at radius 1 is 1.03 bits per heavy atom. The standard InChI is InChI=1S/C28H33N5O2/c1-3-19-10-12-32(13-11-19)26-9-7-21(16-30-26)20-6-8-24-23(15-20)27-25(17-29-24)31(2)28(34)33(27)22-5-4-14-35-18-22/h6-9,15-17,19,22H,3-5,10-14,18H2,1-2H3/t22-/m0/s1. The lowest BCUT2D eigenvalue weighted by Gasteiger charge is -2.32. The minimum atomic E-state index is -0.00642. The van der Waals surface area contributed by atoms with E-state index in [9.17, 15) is 4.79 Å². The first-order valence-electron chi connectivity index (χ1n) is 12.9. The van der Waals surface area contributed by atoms with Crippen molar-refractivity contribution in [2.75, 3.05) is 31.2 Å². The molecule has 2 aliphatic heterocycles. The first-order chi connectivity index (χ1) is 17.1. The number of ether oxygens (including phenoxy) is 1. The second kappa shape index (κ2) is 9.11. The molecular weight excluding hydrogens is 438 g/mol. The van der Waals surface area contributed by atoms with E-state index in [2.05, 4.69) is 41.1 Å². The highest BCUT2D eigenvalue weighted by Gasteiger charge is 2.24. The summed E-state index contributed by atoms with van der Waals surface area (Å²) < 4.78 is 9.37. The van der Waals surface area contributed by atoms with E-state index in [0.717, 1.165) is 77.3 Å². The number of aromatic nitrogens is 4. The molecule has 5 heterocycles. The lowest BCUT2D eigenvalue weighted by Crippen LogP contribution is -2.33. The number of aryl methyl sites for hydroxylation is 1. The van der Waals surface area contributed by atoms with Gasteiger partial charge in [-0.25, -0.2) is 9.78 Å². The molecule has 0 bridgehead atoms. The molecule has 0 unspecified atom stereocenters. The molecular formula is C28H33N5O2. The Hall–Kier alpha value is -3.19. The number of pyridine rings is 2. The third kappa shape index (κ3) is 3.92. The van der Waals surface area contributed by atoms with E-state index in [4.69, 9.17) is 9.72 Å². The molecule has 35 heavy (non-hydrogen) atoms. The number of hydrogen-bond donors (Lipinski definition) is 0. The monoisotopic (exact) mass is 471 g/mol. The van der Waals surface area contributed by atoms with E-state index >= 15 is 0 Å². The molecule has 7 heteroatoms. The van der Waals surface area contributed by atoms with Crippen LogP contribution >= 0.6 is 0 Å². The number of anilines is 1. The summed E-state index contributed by atoms with van der Waals surface area (Å²) in [4.78, 5) is 25.1. The number of imidazole rings is 1. The summed E-state index contributed by atoms with van der Waals surface area (Å²) in [6.07, 6.45) is 9.48. The van der Waals surface area contributed by atoms with Crippen molar-refractivity contribution in [2.45, 2.75) is 45.1 Å². The topological polar surface area (TPSA) is 65.2 Å². The maximum Gasteiger partial charge on any atom is 0.329 e. The predicted octanol–water partition coefficient (Wildman–Crippen LogP) is 4.93. The molecule has 0 radical (unpaired) electrons. The number of benzene rings is 1. The fraction of sp³-hybridized carbons (Fsp3) is 0.464. The highest BCUT2D eigenvalue weighted by molar-refractivity contribution is 6.04. The van der Waals surface area contributed by atoms with Crippen molar-refractivity contribution >= 4 is 27.8 Å². The van der Waals surface area contributed by atoms with E-state index in [-0.39, 0.29) is 11.7 Å². The number of rotatable bonds is 4. The summed E-state index contributed by atoms with van der Waals surface area (Å²) >= 11 is 0. The second-order valence-electron chi connectivity index (χ2n) is 10.1. The van der Waals surface area contributed by atoms with Crippen molar-refractivity contribution in [3.63, 3.8) is 0 Å². The van der Waals surface area contributed by atoms with Gasteiger partial charge in [0.15, 0.2) is 0 Å². The van der Waals surface area contributed by atoms with Gasteiger partial charge < -0.3 is 9.64 Å². The third-order valence-corrected chi connectivity index (χ3v) is 8.01. The Morgan fingerprint density at radius 3 is 2.57 bits per heavy atom. The van der Waals surface area contributed by atoms with Crippen molar-refractivity contribution in [1.29, 1.82) is 0 Å². The quantitative estimate of drug-likeness (QED) is 0.422. The largest absolute Gasteiger partial charge is 0.379 e. The van der Waals surface area contributed by atoms with E-state index in [1.807, 2.05) is 30.1 Å². The smallest absolute Gasteiger partial charge is 0.329 e. The van der Waals surface area contributed by atoms with Gasteiger partial charge in [0, 0.05) is 43.9 Å². The second-order valence-corrected chi connectivity index (χ2v) is 10.1. The first kappa shape index (κ1) is 22.3. The summed E-state index contributed by atoms with van der Waals surface area (Å²) in [7, 11) is 1.83. The zero-order valence-corrected chi connectivity index (χ0v) is 20.6. The van der Waals surface area contributed by atoms with Crippen molar-refractivity contribution < 1.29 is 4.74 Å². The highest BCUT2D eigenvalue weighted by atomic mass is 16.5. The van der Waals surface area contributed by atoms with E-state index < -0.39 is 0 Å². The molecule has 3 aromatic heterocycles. The van der Waals surface area contributed by atoms with Crippen molar-refractivity contribution in [3.05, 3.63) is 53.2 Å².